The van der Waals surface area contributed by atoms with E-state index in [1.165, 1.54) is 19.3 Å². The van der Waals surface area contributed by atoms with Crippen LogP contribution in [0.3, 0.4) is 0 Å². The average Bonchev–Trinajstić information content (AvgIpc) is 3.53. The predicted octanol–water partition coefficient (Wildman–Crippen LogP) is 4.09. The Morgan fingerprint density at radius 1 is 1.00 bits per heavy atom. The summed E-state index contributed by atoms with van der Waals surface area (Å²) >= 11 is 0. The van der Waals surface area contributed by atoms with Crippen molar-refractivity contribution in [1.29, 1.82) is 0 Å². The molecule has 3 aromatic heterocycles. The van der Waals surface area contributed by atoms with Gasteiger partial charge in [0.1, 0.15) is 11.5 Å². The molecule has 0 spiro atoms. The van der Waals surface area contributed by atoms with E-state index in [0.717, 1.165) is 55.5 Å². The third-order valence-electron chi connectivity index (χ3n) is 7.70. The molecule has 6 rings (SSSR count). The third kappa shape index (κ3) is 4.07. The lowest BCUT2D eigenvalue weighted by atomic mass is 9.98. The fraction of sp³-hybridized carbons (Fsp3) is 0.500. The number of nitrogens with one attached hydrogen (secondary N) is 1. The van der Waals surface area contributed by atoms with Crippen LogP contribution in [-0.4, -0.2) is 61.8 Å². The van der Waals surface area contributed by atoms with Crippen LogP contribution in [0.4, 0.5) is 17.5 Å². The largest absolute Gasteiger partial charge is 0.320 e. The third-order valence-corrected chi connectivity index (χ3v) is 7.70. The Kier molecular flexibility index (Phi) is 5.72. The fourth-order valence-electron chi connectivity index (χ4n) is 5.92. The molecule has 1 amide bonds. The summed E-state index contributed by atoms with van der Waals surface area (Å²) in [4.78, 5) is 43.3. The predicted molar refractivity (Wildman–Crippen MR) is 134 cm³/mol. The molecule has 1 unspecified atom stereocenters. The molecule has 2 aliphatic heterocycles. The van der Waals surface area contributed by atoms with E-state index in [-0.39, 0.29) is 17.7 Å². The molecule has 5 heterocycles. The van der Waals surface area contributed by atoms with Crippen LogP contribution in [0.25, 0.3) is 11.0 Å². The number of amides is 1. The maximum atomic E-state index is 13.0. The van der Waals surface area contributed by atoms with Crippen LogP contribution < -0.4 is 10.2 Å². The Bertz CT molecular complexity index is 1260. The van der Waals surface area contributed by atoms with E-state index in [2.05, 4.69) is 24.8 Å². The average molecular weight is 474 g/mol. The Balaban J connectivity index is 1.23. The Labute approximate surface area is 204 Å². The van der Waals surface area contributed by atoms with Crippen molar-refractivity contribution in [2.24, 2.45) is 0 Å². The summed E-state index contributed by atoms with van der Waals surface area (Å²) in [5.74, 6) is 1.28. The molecule has 182 valence electrons. The lowest BCUT2D eigenvalue weighted by molar-refractivity contribution is -0.127. The van der Waals surface area contributed by atoms with Gasteiger partial charge in [-0.05, 0) is 50.4 Å². The zero-order chi connectivity index (χ0) is 23.9. The van der Waals surface area contributed by atoms with Gasteiger partial charge in [-0.1, -0.05) is 19.3 Å². The number of rotatable bonds is 5. The summed E-state index contributed by atoms with van der Waals surface area (Å²) in [6.45, 7) is 4.23. The van der Waals surface area contributed by atoms with Gasteiger partial charge < -0.3 is 14.8 Å². The molecular weight excluding hydrogens is 442 g/mol. The van der Waals surface area contributed by atoms with Crippen molar-refractivity contribution in [2.45, 2.75) is 64.0 Å². The lowest BCUT2D eigenvalue weighted by Crippen LogP contribution is -2.58. The second-order valence-corrected chi connectivity index (χ2v) is 9.93. The summed E-state index contributed by atoms with van der Waals surface area (Å²) in [5, 5.41) is 4.07. The van der Waals surface area contributed by atoms with Crippen LogP contribution in [0.1, 0.15) is 68.4 Å². The highest BCUT2D eigenvalue weighted by atomic mass is 16.2. The van der Waals surface area contributed by atoms with E-state index >= 15 is 0 Å². The molecule has 0 bridgehead atoms. The minimum Gasteiger partial charge on any atom is -0.320 e. The van der Waals surface area contributed by atoms with E-state index in [0.29, 0.717) is 30.0 Å². The van der Waals surface area contributed by atoms with Crippen molar-refractivity contribution in [3.05, 3.63) is 36.3 Å². The summed E-state index contributed by atoms with van der Waals surface area (Å²) < 4.78 is 2.10. The standard InChI is InChI=1S/C26H31N7O2/c1-17(34)22-14-18-15-28-26(30-24(18)33(22)19-6-2-3-7-19)29-23-10-9-20(16-27-23)32-13-12-31-11-5-4-8-21(31)25(32)35/h9-10,14-16,19,21H,2-8,11-13H2,1H3,(H,27,28,29,30). The molecule has 0 radical (unpaired) electrons. The summed E-state index contributed by atoms with van der Waals surface area (Å²) in [5.41, 5.74) is 2.30. The highest BCUT2D eigenvalue weighted by Gasteiger charge is 2.36. The zero-order valence-corrected chi connectivity index (χ0v) is 20.1. The normalized spacial score (nSPS) is 21.5. The number of nitrogens with zero attached hydrogens (tertiary/aromatic N) is 6. The molecule has 3 aliphatic rings. The molecule has 0 aromatic carbocycles. The van der Waals surface area contributed by atoms with Gasteiger partial charge in [0.15, 0.2) is 5.78 Å². The number of Topliss-reactive ketones (excluding diaryl/α,β-unsaturated/α-hetero) is 1. The Morgan fingerprint density at radius 2 is 1.83 bits per heavy atom. The molecule has 1 saturated carbocycles. The number of ketones is 1. The van der Waals surface area contributed by atoms with Gasteiger partial charge in [0.25, 0.3) is 0 Å². The Morgan fingerprint density at radius 3 is 2.60 bits per heavy atom. The first-order valence-corrected chi connectivity index (χ1v) is 12.8. The van der Waals surface area contributed by atoms with Crippen LogP contribution in [0.5, 0.6) is 0 Å². The first-order valence-electron chi connectivity index (χ1n) is 12.8. The maximum absolute atomic E-state index is 13.0. The van der Waals surface area contributed by atoms with Crippen molar-refractivity contribution in [2.75, 3.05) is 29.9 Å². The SMILES string of the molecule is CC(=O)c1cc2cnc(Nc3ccc(N4CCN5CCCCC5C4=O)cn3)nc2n1C1CCCC1. The van der Waals surface area contributed by atoms with E-state index in [4.69, 9.17) is 4.98 Å². The second-order valence-electron chi connectivity index (χ2n) is 9.93. The number of carbonyl (C=O) groups excluding carboxylic acids is 2. The van der Waals surface area contributed by atoms with E-state index in [1.54, 1.807) is 19.3 Å². The number of piperazine rings is 1. The Hall–Kier alpha value is -3.33. The van der Waals surface area contributed by atoms with E-state index < -0.39 is 0 Å². The van der Waals surface area contributed by atoms with Crippen LogP contribution in [0.15, 0.2) is 30.6 Å². The van der Waals surface area contributed by atoms with Gasteiger partial charge in [0, 0.05) is 37.6 Å². The van der Waals surface area contributed by atoms with Crippen LogP contribution in [-0.2, 0) is 4.79 Å². The molecule has 3 aromatic rings. The molecule has 1 atom stereocenters. The molecule has 3 fully saturated rings. The fourth-order valence-corrected chi connectivity index (χ4v) is 5.92. The molecular formula is C26H31N7O2. The number of pyridine rings is 1. The number of hydrogen-bond acceptors (Lipinski definition) is 7. The van der Waals surface area contributed by atoms with Crippen LogP contribution >= 0.6 is 0 Å². The van der Waals surface area contributed by atoms with Crippen molar-refractivity contribution >= 4 is 40.2 Å². The quantitative estimate of drug-likeness (QED) is 0.558. The van der Waals surface area contributed by atoms with Crippen molar-refractivity contribution in [3.8, 4) is 0 Å². The zero-order valence-electron chi connectivity index (χ0n) is 20.1. The topological polar surface area (TPSA) is 96.2 Å². The van der Waals surface area contributed by atoms with E-state index in [9.17, 15) is 9.59 Å². The number of anilines is 3. The van der Waals surface area contributed by atoms with Crippen LogP contribution in [0, 0.1) is 0 Å². The minimum atomic E-state index is 0.00596. The van der Waals surface area contributed by atoms with Gasteiger partial charge in [-0.15, -0.1) is 0 Å². The van der Waals surface area contributed by atoms with Gasteiger partial charge in [-0.3, -0.25) is 14.5 Å². The molecule has 9 heteroatoms. The molecule has 2 saturated heterocycles. The van der Waals surface area contributed by atoms with Gasteiger partial charge in [-0.2, -0.15) is 4.98 Å². The molecule has 1 aliphatic carbocycles. The number of piperidine rings is 1. The molecule has 1 N–H and O–H groups in total. The number of hydrogen-bond donors (Lipinski definition) is 1. The minimum absolute atomic E-state index is 0.00596. The van der Waals surface area contributed by atoms with Gasteiger partial charge >= 0.3 is 0 Å². The van der Waals surface area contributed by atoms with Crippen molar-refractivity contribution in [1.82, 2.24) is 24.4 Å². The van der Waals surface area contributed by atoms with Crippen LogP contribution in [0.2, 0.25) is 0 Å². The highest BCUT2D eigenvalue weighted by molar-refractivity contribution is 5.98. The lowest BCUT2D eigenvalue weighted by Gasteiger charge is -2.42. The van der Waals surface area contributed by atoms with E-state index in [1.807, 2.05) is 23.1 Å². The monoisotopic (exact) mass is 473 g/mol. The van der Waals surface area contributed by atoms with Crippen molar-refractivity contribution in [3.63, 3.8) is 0 Å². The molecule has 9 nitrogen and oxygen atoms in total. The first-order chi connectivity index (χ1) is 17.1. The number of aromatic nitrogens is 4. The number of carbonyl (C=O) groups is 2. The second kappa shape index (κ2) is 9.03. The van der Waals surface area contributed by atoms with Gasteiger partial charge in [0.2, 0.25) is 11.9 Å². The van der Waals surface area contributed by atoms with Crippen molar-refractivity contribution < 1.29 is 9.59 Å². The maximum Gasteiger partial charge on any atom is 0.244 e. The summed E-state index contributed by atoms with van der Waals surface area (Å²) in [6, 6.07) is 6.00. The smallest absolute Gasteiger partial charge is 0.244 e. The summed E-state index contributed by atoms with van der Waals surface area (Å²) in [6.07, 6.45) is 11.2. The van der Waals surface area contributed by atoms with Gasteiger partial charge in [0.05, 0.1) is 23.6 Å². The number of fused-ring (bicyclic) bond motifs is 2. The highest BCUT2D eigenvalue weighted by Crippen LogP contribution is 2.35. The first kappa shape index (κ1) is 22.2. The summed E-state index contributed by atoms with van der Waals surface area (Å²) in [7, 11) is 0. The molecule has 35 heavy (non-hydrogen) atoms. The van der Waals surface area contributed by atoms with Gasteiger partial charge in [-0.25, -0.2) is 9.97 Å².